The van der Waals surface area contributed by atoms with Gasteiger partial charge in [-0.05, 0) is 72.1 Å². The van der Waals surface area contributed by atoms with E-state index in [0.717, 1.165) is 40.9 Å². The van der Waals surface area contributed by atoms with Gasteiger partial charge in [-0.3, -0.25) is 9.59 Å². The molecule has 0 radical (unpaired) electrons. The Bertz CT molecular complexity index is 1720. The summed E-state index contributed by atoms with van der Waals surface area (Å²) in [5, 5.41) is 0.529. The maximum atomic E-state index is 14.0. The monoisotopic (exact) mass is 653 g/mol. The molecule has 1 heterocycles. The van der Waals surface area contributed by atoms with Gasteiger partial charge in [0, 0.05) is 58.9 Å². The fourth-order valence-electron chi connectivity index (χ4n) is 7.28. The molecule has 47 heavy (non-hydrogen) atoms. The Labute approximate surface area is 283 Å². The molecule has 3 aliphatic rings. The molecule has 3 aromatic rings. The van der Waals surface area contributed by atoms with Crippen molar-refractivity contribution in [2.75, 3.05) is 13.7 Å². The van der Waals surface area contributed by atoms with Gasteiger partial charge in [0.05, 0.1) is 6.61 Å². The van der Waals surface area contributed by atoms with E-state index in [1.165, 1.54) is 0 Å². The molecular formula is C40H44ClNO5. The standard InChI is InChI=1S/C40H44ClNO5/c1-7-45-35-17-26(13-15-34(35)47-23-25-11-9-8-10-12-25)24-46-33-16-14-27(41)18-28(33)36-37-29(19-39(2,3)21-31(37)43)42(6)30-20-40(4,5)22-32(44)38(30)36/h8-18,36H,7,19-24H2,1-6H3. The lowest BCUT2D eigenvalue weighted by molar-refractivity contribution is -0.119. The Kier molecular flexibility index (Phi) is 9.01. The number of ketones is 2. The molecule has 0 aromatic heterocycles. The van der Waals surface area contributed by atoms with E-state index in [2.05, 4.69) is 32.6 Å². The molecule has 0 fully saturated rings. The highest BCUT2D eigenvalue weighted by Gasteiger charge is 2.48. The molecule has 0 spiro atoms. The third-order valence-corrected chi connectivity index (χ3v) is 9.64. The van der Waals surface area contributed by atoms with Gasteiger partial charge in [-0.25, -0.2) is 0 Å². The van der Waals surface area contributed by atoms with Crippen LogP contribution in [0.4, 0.5) is 0 Å². The van der Waals surface area contributed by atoms with Crippen molar-refractivity contribution in [3.05, 3.63) is 111 Å². The van der Waals surface area contributed by atoms with Gasteiger partial charge in [0.1, 0.15) is 19.0 Å². The smallest absolute Gasteiger partial charge is 0.162 e. The van der Waals surface area contributed by atoms with Gasteiger partial charge in [0.25, 0.3) is 0 Å². The lowest BCUT2D eigenvalue weighted by Gasteiger charge is -2.48. The SMILES string of the molecule is CCOc1cc(COc2ccc(Cl)cc2C2C3=C(CC(C)(C)CC3=O)N(C)C3=C2C(=O)CC(C)(C)C3)ccc1OCc1ccccc1. The molecule has 2 aliphatic carbocycles. The average Bonchev–Trinajstić information content (AvgIpc) is 3.01. The van der Waals surface area contributed by atoms with Crippen LogP contribution in [-0.4, -0.2) is 30.1 Å². The van der Waals surface area contributed by atoms with Crippen molar-refractivity contribution >= 4 is 23.2 Å². The van der Waals surface area contributed by atoms with Crippen LogP contribution in [-0.2, 0) is 22.8 Å². The topological polar surface area (TPSA) is 65.1 Å². The Morgan fingerprint density at radius 1 is 0.702 bits per heavy atom. The third-order valence-electron chi connectivity index (χ3n) is 9.40. The average molecular weight is 654 g/mol. The van der Waals surface area contributed by atoms with Crippen LogP contribution in [0, 0.1) is 10.8 Å². The minimum atomic E-state index is -0.537. The van der Waals surface area contributed by atoms with Crippen LogP contribution in [0.25, 0.3) is 0 Å². The van der Waals surface area contributed by atoms with E-state index in [-0.39, 0.29) is 29.0 Å². The summed E-state index contributed by atoms with van der Waals surface area (Å²) in [6, 6.07) is 21.3. The second-order valence-electron chi connectivity index (χ2n) is 14.6. The zero-order valence-corrected chi connectivity index (χ0v) is 29.0. The lowest BCUT2D eigenvalue weighted by Crippen LogP contribution is -2.43. The maximum Gasteiger partial charge on any atom is 0.162 e. The summed E-state index contributed by atoms with van der Waals surface area (Å²) in [5.41, 5.74) is 5.76. The number of carbonyl (C=O) groups is 2. The highest BCUT2D eigenvalue weighted by molar-refractivity contribution is 6.30. The molecular weight excluding hydrogens is 610 g/mol. The Balaban J connectivity index is 1.35. The molecule has 0 unspecified atom stereocenters. The first-order chi connectivity index (χ1) is 22.4. The number of ether oxygens (including phenoxy) is 3. The van der Waals surface area contributed by atoms with Crippen LogP contribution in [0.3, 0.4) is 0 Å². The second-order valence-corrected chi connectivity index (χ2v) is 15.0. The summed E-state index contributed by atoms with van der Waals surface area (Å²) in [7, 11) is 2.02. The molecule has 0 saturated heterocycles. The van der Waals surface area contributed by atoms with Crippen LogP contribution >= 0.6 is 11.6 Å². The van der Waals surface area contributed by atoms with Crippen LogP contribution in [0.15, 0.2) is 89.3 Å². The first-order valence-corrected chi connectivity index (χ1v) is 16.8. The molecule has 6 nitrogen and oxygen atoms in total. The van der Waals surface area contributed by atoms with Gasteiger partial charge >= 0.3 is 0 Å². The Morgan fingerprint density at radius 3 is 1.89 bits per heavy atom. The number of rotatable bonds is 9. The van der Waals surface area contributed by atoms with Crippen LogP contribution in [0.5, 0.6) is 17.2 Å². The highest BCUT2D eigenvalue weighted by atomic mass is 35.5. The van der Waals surface area contributed by atoms with Crippen molar-refractivity contribution in [1.82, 2.24) is 4.90 Å². The Morgan fingerprint density at radius 2 is 1.28 bits per heavy atom. The molecule has 6 rings (SSSR count). The van der Waals surface area contributed by atoms with Gasteiger partial charge in [-0.15, -0.1) is 0 Å². The van der Waals surface area contributed by atoms with Gasteiger partial charge in [0.2, 0.25) is 0 Å². The molecule has 0 saturated carbocycles. The molecule has 0 atom stereocenters. The minimum absolute atomic E-state index is 0.0793. The number of Topliss-reactive ketones (excluding diaryl/α,β-unsaturated/α-hetero) is 2. The van der Waals surface area contributed by atoms with E-state index in [9.17, 15) is 9.59 Å². The fourth-order valence-corrected chi connectivity index (χ4v) is 7.46. The number of carbonyl (C=O) groups excluding carboxylic acids is 2. The van der Waals surface area contributed by atoms with E-state index in [1.807, 2.05) is 74.6 Å². The van der Waals surface area contributed by atoms with Crippen LogP contribution < -0.4 is 14.2 Å². The number of nitrogens with zero attached hydrogens (tertiary/aromatic N) is 1. The first-order valence-electron chi connectivity index (χ1n) is 16.5. The largest absolute Gasteiger partial charge is 0.490 e. The van der Waals surface area contributed by atoms with Crippen molar-refractivity contribution < 1.29 is 23.8 Å². The minimum Gasteiger partial charge on any atom is -0.490 e. The van der Waals surface area contributed by atoms with E-state index in [1.54, 1.807) is 6.07 Å². The normalized spacial score (nSPS) is 19.0. The predicted octanol–water partition coefficient (Wildman–Crippen LogP) is 9.21. The van der Waals surface area contributed by atoms with Crippen molar-refractivity contribution in [2.45, 2.75) is 79.4 Å². The zero-order chi connectivity index (χ0) is 33.5. The summed E-state index contributed by atoms with van der Waals surface area (Å²) in [5.74, 6) is 1.53. The maximum absolute atomic E-state index is 14.0. The zero-order valence-electron chi connectivity index (χ0n) is 28.2. The number of allylic oxidation sites excluding steroid dienone is 4. The molecule has 0 N–H and O–H groups in total. The summed E-state index contributed by atoms with van der Waals surface area (Å²) in [6.07, 6.45) is 2.35. The molecule has 0 bridgehead atoms. The van der Waals surface area contributed by atoms with E-state index >= 15 is 0 Å². The summed E-state index contributed by atoms with van der Waals surface area (Å²) in [4.78, 5) is 30.2. The quantitative estimate of drug-likeness (QED) is 0.229. The van der Waals surface area contributed by atoms with Gasteiger partial charge in [0.15, 0.2) is 23.1 Å². The third kappa shape index (κ3) is 6.85. The van der Waals surface area contributed by atoms with Crippen molar-refractivity contribution in [3.63, 3.8) is 0 Å². The predicted molar refractivity (Wildman–Crippen MR) is 185 cm³/mol. The van der Waals surface area contributed by atoms with Crippen molar-refractivity contribution in [1.29, 1.82) is 0 Å². The summed E-state index contributed by atoms with van der Waals surface area (Å²) < 4.78 is 18.6. The molecule has 246 valence electrons. The Hall–Kier alpha value is -4.03. The first kappa shape index (κ1) is 32.9. The van der Waals surface area contributed by atoms with Gasteiger partial charge in [-0.2, -0.15) is 0 Å². The van der Waals surface area contributed by atoms with Crippen LogP contribution in [0.1, 0.15) is 82.9 Å². The lowest BCUT2D eigenvalue weighted by atomic mass is 9.63. The fraction of sp³-hybridized carbons (Fsp3) is 0.400. The second kappa shape index (κ2) is 12.9. The summed E-state index contributed by atoms with van der Waals surface area (Å²) in [6.45, 7) is 11.7. The number of benzene rings is 3. The summed E-state index contributed by atoms with van der Waals surface area (Å²) >= 11 is 6.64. The number of halogens is 1. The van der Waals surface area contributed by atoms with Gasteiger partial charge < -0.3 is 19.1 Å². The number of hydrogen-bond acceptors (Lipinski definition) is 6. The highest BCUT2D eigenvalue weighted by Crippen LogP contribution is 2.55. The number of hydrogen-bond donors (Lipinski definition) is 0. The van der Waals surface area contributed by atoms with E-state index in [4.69, 9.17) is 25.8 Å². The van der Waals surface area contributed by atoms with E-state index in [0.29, 0.717) is 59.5 Å². The van der Waals surface area contributed by atoms with E-state index < -0.39 is 5.92 Å². The van der Waals surface area contributed by atoms with Crippen LogP contribution in [0.2, 0.25) is 5.02 Å². The molecule has 0 amide bonds. The van der Waals surface area contributed by atoms with Gasteiger partial charge in [-0.1, -0.05) is 75.7 Å². The van der Waals surface area contributed by atoms with Crippen molar-refractivity contribution in [3.8, 4) is 17.2 Å². The molecule has 3 aromatic carbocycles. The molecule has 1 aliphatic heterocycles. The molecule has 7 heteroatoms. The van der Waals surface area contributed by atoms with Crippen molar-refractivity contribution in [2.24, 2.45) is 10.8 Å².